The zero-order valence-corrected chi connectivity index (χ0v) is 11.0. The predicted molar refractivity (Wildman–Crippen MR) is 74.3 cm³/mol. The summed E-state index contributed by atoms with van der Waals surface area (Å²) in [4.78, 5) is 2.45. The molecule has 0 saturated heterocycles. The summed E-state index contributed by atoms with van der Waals surface area (Å²) >= 11 is 0. The summed E-state index contributed by atoms with van der Waals surface area (Å²) in [6, 6.07) is 11.5. The van der Waals surface area contributed by atoms with E-state index in [0.717, 1.165) is 13.0 Å². The average molecular weight is 248 g/mol. The molecule has 0 radical (unpaired) electrons. The highest BCUT2D eigenvalue weighted by molar-refractivity contribution is 5.19. The van der Waals surface area contributed by atoms with Gasteiger partial charge in [-0.2, -0.15) is 0 Å². The topological polar surface area (TPSA) is 49.5 Å². The maximum Gasteiger partial charge on any atom is 0.0558 e. The number of aliphatic hydroxyl groups is 1. The number of nitrogens with two attached hydrogens (primary N) is 1. The van der Waals surface area contributed by atoms with Gasteiger partial charge in [0.2, 0.25) is 0 Å². The lowest BCUT2D eigenvalue weighted by atomic mass is 9.88. The van der Waals surface area contributed by atoms with Crippen LogP contribution in [0.3, 0.4) is 0 Å². The van der Waals surface area contributed by atoms with Crippen LogP contribution in [-0.4, -0.2) is 35.7 Å². The number of nitrogens with zero attached hydrogens (tertiary/aromatic N) is 1. The summed E-state index contributed by atoms with van der Waals surface area (Å²) in [5.74, 6) is 0. The lowest BCUT2D eigenvalue weighted by Gasteiger charge is -2.42. The van der Waals surface area contributed by atoms with Crippen molar-refractivity contribution in [3.8, 4) is 0 Å². The van der Waals surface area contributed by atoms with Gasteiger partial charge in [0.25, 0.3) is 0 Å². The van der Waals surface area contributed by atoms with Crippen LogP contribution < -0.4 is 5.73 Å². The van der Waals surface area contributed by atoms with Crippen molar-refractivity contribution < 1.29 is 5.11 Å². The Labute approximate surface area is 110 Å². The van der Waals surface area contributed by atoms with E-state index in [2.05, 4.69) is 29.2 Å². The van der Waals surface area contributed by atoms with E-state index >= 15 is 0 Å². The molecule has 1 aromatic carbocycles. The van der Waals surface area contributed by atoms with Crippen LogP contribution in [0.2, 0.25) is 0 Å². The summed E-state index contributed by atoms with van der Waals surface area (Å²) in [5.41, 5.74) is 7.09. The fourth-order valence-electron chi connectivity index (χ4n) is 2.78. The van der Waals surface area contributed by atoms with Crippen LogP contribution in [0.4, 0.5) is 0 Å². The first-order valence-corrected chi connectivity index (χ1v) is 6.98. The molecule has 100 valence electrons. The number of hydrogen-bond donors (Lipinski definition) is 2. The first-order chi connectivity index (χ1) is 8.86. The quantitative estimate of drug-likeness (QED) is 0.775. The van der Waals surface area contributed by atoms with E-state index in [1.54, 1.807) is 0 Å². The summed E-state index contributed by atoms with van der Waals surface area (Å²) < 4.78 is 0. The lowest BCUT2D eigenvalue weighted by molar-refractivity contribution is 0.0563. The molecule has 2 rings (SSSR count). The zero-order valence-electron chi connectivity index (χ0n) is 11.0. The predicted octanol–water partition coefficient (Wildman–Crippen LogP) is 1.92. The molecule has 3 N–H and O–H groups in total. The molecule has 1 fully saturated rings. The molecular weight excluding hydrogens is 224 g/mol. The van der Waals surface area contributed by atoms with Gasteiger partial charge in [0.15, 0.2) is 0 Å². The standard InChI is InChI=1S/C15H24N2O/c16-10-9-15(13-5-2-1-3-6-13)17(11-12-18)14-7-4-8-14/h1-3,5-6,14-15,18H,4,7-12,16H2. The Morgan fingerprint density at radius 3 is 2.50 bits per heavy atom. The largest absolute Gasteiger partial charge is 0.395 e. The summed E-state index contributed by atoms with van der Waals surface area (Å²) in [5, 5.41) is 9.30. The fourth-order valence-corrected chi connectivity index (χ4v) is 2.78. The lowest BCUT2D eigenvalue weighted by Crippen LogP contribution is -2.44. The van der Waals surface area contributed by atoms with Gasteiger partial charge in [-0.1, -0.05) is 36.8 Å². The third-order valence-electron chi connectivity index (χ3n) is 3.93. The van der Waals surface area contributed by atoms with Crippen LogP contribution in [0.1, 0.15) is 37.3 Å². The Morgan fingerprint density at radius 2 is 2.00 bits per heavy atom. The highest BCUT2D eigenvalue weighted by atomic mass is 16.3. The van der Waals surface area contributed by atoms with Crippen molar-refractivity contribution in [2.75, 3.05) is 19.7 Å². The number of benzene rings is 1. The normalized spacial score (nSPS) is 17.7. The van der Waals surface area contributed by atoms with E-state index in [9.17, 15) is 5.11 Å². The Balaban J connectivity index is 2.15. The van der Waals surface area contributed by atoms with Crippen molar-refractivity contribution in [1.29, 1.82) is 0 Å². The van der Waals surface area contributed by atoms with E-state index in [4.69, 9.17) is 5.73 Å². The second kappa shape index (κ2) is 6.88. The summed E-state index contributed by atoms with van der Waals surface area (Å²) in [6.07, 6.45) is 4.79. The van der Waals surface area contributed by atoms with Crippen molar-refractivity contribution in [3.63, 3.8) is 0 Å². The van der Waals surface area contributed by atoms with E-state index in [1.807, 2.05) is 6.07 Å². The van der Waals surface area contributed by atoms with Crippen molar-refractivity contribution in [2.24, 2.45) is 5.73 Å². The van der Waals surface area contributed by atoms with Crippen molar-refractivity contribution >= 4 is 0 Å². The zero-order chi connectivity index (χ0) is 12.8. The molecule has 1 aromatic rings. The monoisotopic (exact) mass is 248 g/mol. The van der Waals surface area contributed by atoms with Crippen molar-refractivity contribution in [2.45, 2.75) is 37.8 Å². The van der Waals surface area contributed by atoms with Gasteiger partial charge in [-0.3, -0.25) is 4.90 Å². The highest BCUT2D eigenvalue weighted by Crippen LogP contribution is 2.33. The van der Waals surface area contributed by atoms with Gasteiger partial charge in [-0.05, 0) is 31.4 Å². The van der Waals surface area contributed by atoms with Gasteiger partial charge in [-0.15, -0.1) is 0 Å². The molecule has 0 spiro atoms. The molecule has 0 heterocycles. The van der Waals surface area contributed by atoms with E-state index < -0.39 is 0 Å². The van der Waals surface area contributed by atoms with E-state index in [1.165, 1.54) is 24.8 Å². The van der Waals surface area contributed by atoms with Crippen LogP contribution in [0.25, 0.3) is 0 Å². The molecule has 0 aliphatic heterocycles. The molecule has 3 heteroatoms. The van der Waals surface area contributed by atoms with Crippen LogP contribution in [0.5, 0.6) is 0 Å². The fraction of sp³-hybridized carbons (Fsp3) is 0.600. The molecule has 1 unspecified atom stereocenters. The van der Waals surface area contributed by atoms with Crippen LogP contribution in [0, 0.1) is 0 Å². The Bertz CT molecular complexity index is 338. The first kappa shape index (κ1) is 13.5. The Morgan fingerprint density at radius 1 is 1.28 bits per heavy atom. The van der Waals surface area contributed by atoms with E-state index in [0.29, 0.717) is 18.6 Å². The molecule has 3 nitrogen and oxygen atoms in total. The minimum atomic E-state index is 0.227. The maximum absolute atomic E-state index is 9.30. The second-order valence-corrected chi connectivity index (χ2v) is 5.05. The van der Waals surface area contributed by atoms with Gasteiger partial charge in [-0.25, -0.2) is 0 Å². The molecule has 1 aliphatic carbocycles. The number of hydrogen-bond acceptors (Lipinski definition) is 3. The molecule has 18 heavy (non-hydrogen) atoms. The summed E-state index contributed by atoms with van der Waals surface area (Å²) in [6.45, 7) is 1.67. The van der Waals surface area contributed by atoms with Crippen molar-refractivity contribution in [1.82, 2.24) is 4.90 Å². The van der Waals surface area contributed by atoms with Crippen LogP contribution >= 0.6 is 0 Å². The molecule has 0 aromatic heterocycles. The number of aliphatic hydroxyl groups excluding tert-OH is 1. The molecule has 1 aliphatic rings. The van der Waals surface area contributed by atoms with Crippen LogP contribution in [-0.2, 0) is 0 Å². The first-order valence-electron chi connectivity index (χ1n) is 6.98. The van der Waals surface area contributed by atoms with Gasteiger partial charge < -0.3 is 10.8 Å². The van der Waals surface area contributed by atoms with E-state index in [-0.39, 0.29) is 6.61 Å². The molecule has 0 bridgehead atoms. The van der Waals surface area contributed by atoms with Gasteiger partial charge in [0, 0.05) is 18.6 Å². The maximum atomic E-state index is 9.30. The van der Waals surface area contributed by atoms with Gasteiger partial charge in [0.1, 0.15) is 0 Å². The highest BCUT2D eigenvalue weighted by Gasteiger charge is 2.30. The minimum Gasteiger partial charge on any atom is -0.395 e. The SMILES string of the molecule is NCCC(c1ccccc1)N(CCO)C1CCC1. The molecule has 1 atom stereocenters. The molecule has 0 amide bonds. The molecule has 1 saturated carbocycles. The number of rotatable bonds is 7. The Hall–Kier alpha value is -0.900. The van der Waals surface area contributed by atoms with Gasteiger partial charge in [0.05, 0.1) is 6.61 Å². The Kier molecular flexibility index (Phi) is 5.17. The third kappa shape index (κ3) is 3.10. The van der Waals surface area contributed by atoms with Crippen LogP contribution in [0.15, 0.2) is 30.3 Å². The average Bonchev–Trinajstić information content (AvgIpc) is 2.34. The third-order valence-corrected chi connectivity index (χ3v) is 3.93. The van der Waals surface area contributed by atoms with Crippen molar-refractivity contribution in [3.05, 3.63) is 35.9 Å². The van der Waals surface area contributed by atoms with Gasteiger partial charge >= 0.3 is 0 Å². The second-order valence-electron chi connectivity index (χ2n) is 5.05. The summed E-state index contributed by atoms with van der Waals surface area (Å²) in [7, 11) is 0. The smallest absolute Gasteiger partial charge is 0.0558 e. The minimum absolute atomic E-state index is 0.227. The molecular formula is C15H24N2O.